The zero-order valence-electron chi connectivity index (χ0n) is 23.1. The fourth-order valence-corrected chi connectivity index (χ4v) is 6.19. The van der Waals surface area contributed by atoms with E-state index in [1.807, 2.05) is 37.9 Å². The molecule has 0 bridgehead atoms. The Morgan fingerprint density at radius 3 is 2.81 bits per heavy atom. The molecule has 3 heterocycles. The number of carbonyl (C=O) groups is 1. The van der Waals surface area contributed by atoms with Gasteiger partial charge in [0.2, 0.25) is 0 Å². The Morgan fingerprint density at radius 2 is 2.03 bits per heavy atom. The number of benzene rings is 1. The first-order valence-corrected chi connectivity index (χ1v) is 13.8. The largest absolute Gasteiger partial charge is 0.444 e. The lowest BCUT2D eigenvalue weighted by atomic mass is 9.89. The van der Waals surface area contributed by atoms with Crippen LogP contribution in [0.1, 0.15) is 69.0 Å². The lowest BCUT2D eigenvalue weighted by Gasteiger charge is -2.43. The van der Waals surface area contributed by atoms with Crippen LogP contribution in [0.3, 0.4) is 0 Å². The second-order valence-corrected chi connectivity index (χ2v) is 11.9. The van der Waals surface area contributed by atoms with Crippen molar-refractivity contribution >= 4 is 11.8 Å². The number of aryl methyl sites for hydroxylation is 1. The number of ether oxygens (including phenoxy) is 2. The molecule has 37 heavy (non-hydrogen) atoms. The summed E-state index contributed by atoms with van der Waals surface area (Å²) in [6.07, 6.45) is 5.83. The van der Waals surface area contributed by atoms with Crippen molar-refractivity contribution in [1.29, 1.82) is 0 Å². The summed E-state index contributed by atoms with van der Waals surface area (Å²) in [6.45, 7) is 11.8. The van der Waals surface area contributed by atoms with Crippen molar-refractivity contribution in [1.82, 2.24) is 14.8 Å². The van der Waals surface area contributed by atoms with Crippen molar-refractivity contribution in [2.24, 2.45) is 0 Å². The number of pyridine rings is 1. The number of aromatic nitrogens is 1. The molecule has 1 aromatic carbocycles. The molecule has 1 amide bonds. The normalized spacial score (nSPS) is 24.0. The van der Waals surface area contributed by atoms with Crippen molar-refractivity contribution in [3.8, 4) is 0 Å². The Hall–Kier alpha value is -2.64. The third-order valence-electron chi connectivity index (χ3n) is 7.97. The average molecular weight is 507 g/mol. The van der Waals surface area contributed by atoms with E-state index in [-0.39, 0.29) is 18.2 Å². The number of hydrogen-bond acceptors (Lipinski definition) is 6. The number of amides is 1. The third-order valence-corrected chi connectivity index (χ3v) is 7.97. The van der Waals surface area contributed by atoms with E-state index >= 15 is 0 Å². The lowest BCUT2D eigenvalue weighted by Crippen LogP contribution is -2.52. The minimum Gasteiger partial charge on any atom is -0.444 e. The molecule has 1 fully saturated rings. The summed E-state index contributed by atoms with van der Waals surface area (Å²) in [6, 6.07) is 11.4. The highest BCUT2D eigenvalue weighted by Crippen LogP contribution is 2.36. The molecule has 3 atom stereocenters. The number of carbonyl (C=O) groups excluding carboxylic acids is 1. The minimum absolute atomic E-state index is 0.0129. The molecule has 7 nitrogen and oxygen atoms in total. The van der Waals surface area contributed by atoms with Crippen molar-refractivity contribution in [2.75, 3.05) is 38.3 Å². The Morgan fingerprint density at radius 1 is 1.22 bits per heavy atom. The fourth-order valence-electron chi connectivity index (χ4n) is 6.19. The molecule has 0 N–H and O–H groups in total. The molecule has 3 aliphatic rings. The topological polar surface area (TPSA) is 58.1 Å². The number of fused-ring (bicyclic) bond motifs is 2. The standard InChI is InChI=1S/C30H42N4O3/c1-21-20-36-16-15-33(21)26-12-7-10-23-18-34(29(35)37-30(2,3)4)24(17-25(23)26)19-32(5)27-13-6-9-22-11-8-14-31-28(22)27/h7-8,10-12,14,21,24,27H,6,9,13,15-20H2,1-5H3/t21-,24+,27-/m0/s1. The minimum atomic E-state index is -0.537. The van der Waals surface area contributed by atoms with Gasteiger partial charge in [0.25, 0.3) is 0 Å². The average Bonchev–Trinajstić information content (AvgIpc) is 2.87. The van der Waals surface area contributed by atoms with E-state index in [1.165, 1.54) is 28.1 Å². The van der Waals surface area contributed by atoms with Crippen LogP contribution < -0.4 is 4.90 Å². The molecule has 1 saturated heterocycles. The van der Waals surface area contributed by atoms with Crippen LogP contribution in [0.2, 0.25) is 0 Å². The number of hydrogen-bond donors (Lipinski definition) is 0. The van der Waals surface area contributed by atoms with E-state index < -0.39 is 5.60 Å². The first kappa shape index (κ1) is 26.0. The second kappa shape index (κ2) is 10.6. The predicted molar refractivity (Wildman–Crippen MR) is 146 cm³/mol. The SMILES string of the molecule is C[C@H]1COCCN1c1cccc2c1C[C@H](CN(C)[C@H]1CCCc3cccnc31)N(C(=O)OC(C)(C)C)C2. The summed E-state index contributed by atoms with van der Waals surface area (Å²) in [4.78, 5) is 25.1. The van der Waals surface area contributed by atoms with E-state index in [1.54, 1.807) is 0 Å². The quantitative estimate of drug-likeness (QED) is 0.583. The molecule has 5 rings (SSSR count). The van der Waals surface area contributed by atoms with Crippen LogP contribution >= 0.6 is 0 Å². The summed E-state index contributed by atoms with van der Waals surface area (Å²) >= 11 is 0. The van der Waals surface area contributed by atoms with Gasteiger partial charge in [-0.2, -0.15) is 0 Å². The zero-order valence-corrected chi connectivity index (χ0v) is 23.1. The Labute approximate surface area is 221 Å². The molecule has 0 radical (unpaired) electrons. The van der Waals surface area contributed by atoms with Gasteiger partial charge in [0.1, 0.15) is 5.60 Å². The molecule has 2 aliphatic heterocycles. The second-order valence-electron chi connectivity index (χ2n) is 11.9. The number of anilines is 1. The van der Waals surface area contributed by atoms with Crippen LogP contribution in [-0.4, -0.2) is 71.9 Å². The van der Waals surface area contributed by atoms with Gasteiger partial charge in [-0.3, -0.25) is 14.8 Å². The monoisotopic (exact) mass is 506 g/mol. The van der Waals surface area contributed by atoms with Gasteiger partial charge in [-0.1, -0.05) is 18.2 Å². The van der Waals surface area contributed by atoms with Crippen LogP contribution in [0.5, 0.6) is 0 Å². The van der Waals surface area contributed by atoms with Crippen molar-refractivity contribution in [3.05, 3.63) is 58.9 Å². The van der Waals surface area contributed by atoms with Gasteiger partial charge in [0, 0.05) is 37.6 Å². The van der Waals surface area contributed by atoms with E-state index in [4.69, 9.17) is 14.5 Å². The fraction of sp³-hybridized carbons (Fsp3) is 0.600. The smallest absolute Gasteiger partial charge is 0.410 e. The van der Waals surface area contributed by atoms with Gasteiger partial charge in [-0.05, 0) is 89.2 Å². The highest BCUT2D eigenvalue weighted by Gasteiger charge is 2.37. The van der Waals surface area contributed by atoms with Crippen molar-refractivity contribution in [3.63, 3.8) is 0 Å². The van der Waals surface area contributed by atoms with Crippen LogP contribution in [0.25, 0.3) is 0 Å². The van der Waals surface area contributed by atoms with Crippen molar-refractivity contribution < 1.29 is 14.3 Å². The van der Waals surface area contributed by atoms with E-state index in [9.17, 15) is 4.79 Å². The molecule has 0 spiro atoms. The maximum atomic E-state index is 13.5. The molecule has 1 aliphatic carbocycles. The highest BCUT2D eigenvalue weighted by atomic mass is 16.6. The summed E-state index contributed by atoms with van der Waals surface area (Å²) in [5, 5.41) is 0. The summed E-state index contributed by atoms with van der Waals surface area (Å²) in [7, 11) is 2.19. The van der Waals surface area contributed by atoms with Gasteiger partial charge in [-0.25, -0.2) is 4.79 Å². The van der Waals surface area contributed by atoms with Crippen LogP contribution in [0, 0.1) is 0 Å². The number of nitrogens with zero attached hydrogens (tertiary/aromatic N) is 4. The van der Waals surface area contributed by atoms with Gasteiger partial charge in [0.15, 0.2) is 0 Å². The van der Waals surface area contributed by atoms with E-state index in [2.05, 4.69) is 48.0 Å². The Balaban J connectivity index is 1.45. The van der Waals surface area contributed by atoms with Gasteiger partial charge in [-0.15, -0.1) is 0 Å². The summed E-state index contributed by atoms with van der Waals surface area (Å²) in [5.41, 5.74) is 5.87. The summed E-state index contributed by atoms with van der Waals surface area (Å²) < 4.78 is 11.6. The number of likely N-dealkylation sites (N-methyl/N-ethyl adjacent to an activating group) is 1. The van der Waals surface area contributed by atoms with Gasteiger partial charge in [0.05, 0.1) is 31.0 Å². The first-order chi connectivity index (χ1) is 17.7. The lowest BCUT2D eigenvalue weighted by molar-refractivity contribution is 0.00644. The van der Waals surface area contributed by atoms with E-state index in [0.717, 1.165) is 52.0 Å². The number of rotatable bonds is 4. The maximum Gasteiger partial charge on any atom is 0.410 e. The molecular weight excluding hydrogens is 464 g/mol. The molecule has 0 unspecified atom stereocenters. The van der Waals surface area contributed by atoms with Gasteiger partial charge < -0.3 is 14.4 Å². The summed E-state index contributed by atoms with van der Waals surface area (Å²) in [5.74, 6) is 0. The molecular formula is C30H42N4O3. The van der Waals surface area contributed by atoms with Gasteiger partial charge >= 0.3 is 6.09 Å². The molecule has 0 saturated carbocycles. The molecule has 7 heteroatoms. The third kappa shape index (κ3) is 5.63. The van der Waals surface area contributed by atoms with Crippen LogP contribution in [0.15, 0.2) is 36.5 Å². The Bertz CT molecular complexity index is 1110. The first-order valence-electron chi connectivity index (χ1n) is 13.8. The van der Waals surface area contributed by atoms with E-state index in [0.29, 0.717) is 12.6 Å². The predicted octanol–water partition coefficient (Wildman–Crippen LogP) is 4.98. The zero-order chi connectivity index (χ0) is 26.2. The molecule has 2 aromatic rings. The van der Waals surface area contributed by atoms with Crippen LogP contribution in [0.4, 0.5) is 10.5 Å². The highest BCUT2D eigenvalue weighted by molar-refractivity contribution is 5.70. The molecule has 200 valence electrons. The van der Waals surface area contributed by atoms with Crippen molar-refractivity contribution in [2.45, 2.75) is 83.6 Å². The number of morpholine rings is 1. The Kier molecular flexibility index (Phi) is 7.46. The molecule has 1 aromatic heterocycles. The van der Waals surface area contributed by atoms with Crippen LogP contribution in [-0.2, 0) is 28.9 Å². The maximum absolute atomic E-state index is 13.5.